The van der Waals surface area contributed by atoms with Crippen LogP contribution in [0.25, 0.3) is 0 Å². The van der Waals surface area contributed by atoms with Gasteiger partial charge in [0.25, 0.3) is 0 Å². The third kappa shape index (κ3) is 1.73. The first-order chi connectivity index (χ1) is 6.72. The fraction of sp³-hybridized carbons (Fsp3) is 0.500. The van der Waals surface area contributed by atoms with Gasteiger partial charge in [0, 0.05) is 4.47 Å². The molecular formula is C12H16BrN. The summed E-state index contributed by atoms with van der Waals surface area (Å²) < 4.78 is 1.27. The number of hydrogen-bond donors (Lipinski definition) is 1. The molecule has 2 N–H and O–H groups in total. The lowest BCUT2D eigenvalue weighted by atomic mass is 9.91. The molecule has 14 heavy (non-hydrogen) atoms. The molecule has 76 valence electrons. The van der Waals surface area contributed by atoms with Gasteiger partial charge in [-0.3, -0.25) is 0 Å². The fourth-order valence-corrected chi connectivity index (χ4v) is 2.80. The van der Waals surface area contributed by atoms with Crippen LogP contribution < -0.4 is 5.73 Å². The van der Waals surface area contributed by atoms with Gasteiger partial charge in [-0.05, 0) is 48.4 Å². The molecule has 1 aliphatic rings. The largest absolute Gasteiger partial charge is 0.330 e. The minimum Gasteiger partial charge on any atom is -0.330 e. The van der Waals surface area contributed by atoms with Crippen LogP contribution in [0.1, 0.15) is 18.1 Å². The molecule has 0 fully saturated rings. The third-order valence-electron chi connectivity index (χ3n) is 3.34. The zero-order valence-corrected chi connectivity index (χ0v) is 10.0. The van der Waals surface area contributed by atoms with Gasteiger partial charge in [-0.25, -0.2) is 0 Å². The second-order valence-electron chi connectivity index (χ2n) is 4.26. The van der Waals surface area contributed by atoms with E-state index in [2.05, 4.69) is 41.1 Å². The second kappa shape index (κ2) is 4.03. The quantitative estimate of drug-likeness (QED) is 0.862. The molecule has 1 aromatic carbocycles. The molecule has 0 saturated heterocycles. The Kier molecular flexibility index (Phi) is 2.93. The van der Waals surface area contributed by atoms with Crippen molar-refractivity contribution in [2.24, 2.45) is 17.6 Å². The Morgan fingerprint density at radius 3 is 2.93 bits per heavy atom. The van der Waals surface area contributed by atoms with Gasteiger partial charge in [0.15, 0.2) is 0 Å². The molecule has 0 amide bonds. The molecule has 0 aromatic heterocycles. The predicted octanol–water partition coefficient (Wildman–Crippen LogP) is 2.76. The topological polar surface area (TPSA) is 26.0 Å². The Morgan fingerprint density at radius 2 is 2.29 bits per heavy atom. The van der Waals surface area contributed by atoms with E-state index in [0.29, 0.717) is 5.92 Å². The summed E-state index contributed by atoms with van der Waals surface area (Å²) in [5.41, 5.74) is 8.72. The van der Waals surface area contributed by atoms with E-state index in [4.69, 9.17) is 5.73 Å². The van der Waals surface area contributed by atoms with Gasteiger partial charge in [0.2, 0.25) is 0 Å². The maximum absolute atomic E-state index is 5.71. The highest BCUT2D eigenvalue weighted by atomic mass is 79.9. The Labute approximate surface area is 93.8 Å². The van der Waals surface area contributed by atoms with Crippen LogP contribution in [0.4, 0.5) is 0 Å². The molecule has 2 heteroatoms. The summed E-state index contributed by atoms with van der Waals surface area (Å²) in [5, 5.41) is 0. The Balaban J connectivity index is 2.22. The number of halogens is 1. The van der Waals surface area contributed by atoms with Gasteiger partial charge in [-0.15, -0.1) is 0 Å². The lowest BCUT2D eigenvalue weighted by Crippen LogP contribution is -2.20. The minimum absolute atomic E-state index is 0.634. The number of fused-ring (bicyclic) bond motifs is 1. The minimum atomic E-state index is 0.634. The van der Waals surface area contributed by atoms with E-state index in [1.54, 1.807) is 0 Å². The maximum atomic E-state index is 5.71. The first-order valence-electron chi connectivity index (χ1n) is 5.18. The summed E-state index contributed by atoms with van der Waals surface area (Å²) in [4.78, 5) is 0. The summed E-state index contributed by atoms with van der Waals surface area (Å²) in [6.45, 7) is 3.06. The van der Waals surface area contributed by atoms with Gasteiger partial charge in [0.05, 0.1) is 0 Å². The van der Waals surface area contributed by atoms with Crippen molar-refractivity contribution in [1.82, 2.24) is 0 Å². The van der Waals surface area contributed by atoms with Crippen molar-refractivity contribution in [3.8, 4) is 0 Å². The van der Waals surface area contributed by atoms with E-state index < -0.39 is 0 Å². The molecule has 0 heterocycles. The van der Waals surface area contributed by atoms with Gasteiger partial charge >= 0.3 is 0 Å². The highest BCUT2D eigenvalue weighted by Crippen LogP contribution is 2.35. The number of nitrogens with two attached hydrogens (primary N) is 1. The molecule has 1 aromatic rings. The average Bonchev–Trinajstić information content (AvgIpc) is 2.62. The van der Waals surface area contributed by atoms with Crippen molar-refractivity contribution in [1.29, 1.82) is 0 Å². The van der Waals surface area contributed by atoms with Crippen LogP contribution in [0.5, 0.6) is 0 Å². The molecule has 2 unspecified atom stereocenters. The number of rotatable bonds is 2. The number of benzene rings is 1. The molecule has 1 nitrogen and oxygen atoms in total. The van der Waals surface area contributed by atoms with E-state index in [-0.39, 0.29) is 0 Å². The monoisotopic (exact) mass is 253 g/mol. The molecule has 2 rings (SSSR count). The van der Waals surface area contributed by atoms with Crippen molar-refractivity contribution in [2.75, 3.05) is 6.54 Å². The summed E-state index contributed by atoms with van der Waals surface area (Å²) in [7, 11) is 0. The smallest absolute Gasteiger partial charge is 0.0210 e. The molecular weight excluding hydrogens is 238 g/mol. The van der Waals surface area contributed by atoms with Gasteiger partial charge in [-0.2, -0.15) is 0 Å². The van der Waals surface area contributed by atoms with E-state index in [1.165, 1.54) is 28.4 Å². The van der Waals surface area contributed by atoms with Crippen LogP contribution in [0.2, 0.25) is 0 Å². The van der Waals surface area contributed by atoms with Crippen LogP contribution in [-0.4, -0.2) is 6.54 Å². The van der Waals surface area contributed by atoms with Crippen LogP contribution >= 0.6 is 15.9 Å². The molecule has 0 radical (unpaired) electrons. The van der Waals surface area contributed by atoms with Crippen LogP contribution in [-0.2, 0) is 12.8 Å². The van der Waals surface area contributed by atoms with E-state index >= 15 is 0 Å². The molecule has 0 saturated carbocycles. The molecule has 2 atom stereocenters. The lowest BCUT2D eigenvalue weighted by molar-refractivity contribution is 0.382. The summed E-state index contributed by atoms with van der Waals surface area (Å²) in [6, 6.07) is 6.50. The molecule has 0 bridgehead atoms. The fourth-order valence-electron chi connectivity index (χ4n) is 2.23. The normalized spacial score (nSPS) is 22.1. The zero-order chi connectivity index (χ0) is 10.1. The first kappa shape index (κ1) is 10.2. The predicted molar refractivity (Wildman–Crippen MR) is 63.3 cm³/mol. The second-order valence-corrected chi connectivity index (χ2v) is 5.11. The van der Waals surface area contributed by atoms with Crippen molar-refractivity contribution >= 4 is 15.9 Å². The highest BCUT2D eigenvalue weighted by molar-refractivity contribution is 9.10. The van der Waals surface area contributed by atoms with E-state index in [9.17, 15) is 0 Å². The van der Waals surface area contributed by atoms with Crippen molar-refractivity contribution in [2.45, 2.75) is 19.8 Å². The maximum Gasteiger partial charge on any atom is 0.0210 e. The summed E-state index contributed by atoms with van der Waals surface area (Å²) in [5.74, 6) is 1.38. The summed E-state index contributed by atoms with van der Waals surface area (Å²) >= 11 is 3.61. The van der Waals surface area contributed by atoms with Gasteiger partial charge in [-0.1, -0.05) is 35.0 Å². The van der Waals surface area contributed by atoms with Crippen LogP contribution in [0, 0.1) is 11.8 Å². The lowest BCUT2D eigenvalue weighted by Gasteiger charge is -2.15. The van der Waals surface area contributed by atoms with Crippen molar-refractivity contribution in [3.05, 3.63) is 33.8 Å². The van der Waals surface area contributed by atoms with Gasteiger partial charge < -0.3 is 5.73 Å². The highest BCUT2D eigenvalue weighted by Gasteiger charge is 2.26. The zero-order valence-electron chi connectivity index (χ0n) is 8.46. The SMILES string of the molecule is CC(CN)C1Cc2cccc(Br)c2C1. The summed E-state index contributed by atoms with van der Waals surface area (Å²) in [6.07, 6.45) is 2.39. The molecule has 1 aliphatic carbocycles. The van der Waals surface area contributed by atoms with E-state index in [1.807, 2.05) is 0 Å². The Hall–Kier alpha value is -0.340. The standard InChI is InChI=1S/C12H16BrN/c1-8(7-14)10-5-9-3-2-4-12(13)11(9)6-10/h2-4,8,10H,5-7,14H2,1H3. The molecule has 0 spiro atoms. The average molecular weight is 254 g/mol. The molecule has 0 aliphatic heterocycles. The van der Waals surface area contributed by atoms with E-state index in [0.717, 1.165) is 12.5 Å². The van der Waals surface area contributed by atoms with Gasteiger partial charge in [0.1, 0.15) is 0 Å². The Morgan fingerprint density at radius 1 is 1.50 bits per heavy atom. The Bertz CT molecular complexity index is 335. The van der Waals surface area contributed by atoms with Crippen molar-refractivity contribution < 1.29 is 0 Å². The van der Waals surface area contributed by atoms with Crippen molar-refractivity contribution in [3.63, 3.8) is 0 Å². The first-order valence-corrected chi connectivity index (χ1v) is 5.98. The van der Waals surface area contributed by atoms with Crippen LogP contribution in [0.15, 0.2) is 22.7 Å². The third-order valence-corrected chi connectivity index (χ3v) is 4.08. The number of hydrogen-bond acceptors (Lipinski definition) is 1. The van der Waals surface area contributed by atoms with Crippen LogP contribution in [0.3, 0.4) is 0 Å².